The molecular weight excluding hydrogens is 308 g/mol. The molecule has 2 aromatic carbocycles. The number of non-ortho nitro benzene ring substituents is 1. The van der Waals surface area contributed by atoms with E-state index in [1.807, 2.05) is 20.8 Å². The number of nitro groups is 1. The topological polar surface area (TPSA) is 81.5 Å². The number of hydrogen-bond donors (Lipinski definition) is 1. The van der Waals surface area contributed by atoms with Gasteiger partial charge in [-0.1, -0.05) is 6.07 Å². The van der Waals surface area contributed by atoms with E-state index in [1.54, 1.807) is 37.3 Å². The van der Waals surface area contributed by atoms with Crippen LogP contribution < -0.4 is 10.1 Å². The van der Waals surface area contributed by atoms with E-state index in [-0.39, 0.29) is 17.1 Å². The summed E-state index contributed by atoms with van der Waals surface area (Å²) in [5, 5.41) is 13.7. The van der Waals surface area contributed by atoms with Crippen LogP contribution in [0.15, 0.2) is 42.5 Å². The Balaban J connectivity index is 2.21. The minimum absolute atomic E-state index is 0.0122. The highest BCUT2D eigenvalue weighted by Crippen LogP contribution is 2.28. The van der Waals surface area contributed by atoms with Gasteiger partial charge in [0.05, 0.1) is 4.92 Å². The number of hydrogen-bond acceptors (Lipinski definition) is 4. The Morgan fingerprint density at radius 3 is 2.46 bits per heavy atom. The Kier molecular flexibility index (Phi) is 4.87. The van der Waals surface area contributed by atoms with Crippen molar-refractivity contribution < 1.29 is 14.5 Å². The Labute approximate surface area is 140 Å². The van der Waals surface area contributed by atoms with Crippen LogP contribution in [0.1, 0.15) is 36.7 Å². The first-order valence-electron chi connectivity index (χ1n) is 7.51. The SMILES string of the molecule is Cc1cc([N+](=O)[O-])ccc1Oc1cccc(C(=O)NC(C)(C)C)c1. The molecule has 0 aromatic heterocycles. The van der Waals surface area contributed by atoms with Crippen molar-refractivity contribution in [2.45, 2.75) is 33.2 Å². The molecule has 0 bridgehead atoms. The molecule has 0 radical (unpaired) electrons. The van der Waals surface area contributed by atoms with Gasteiger partial charge >= 0.3 is 0 Å². The molecule has 0 heterocycles. The molecule has 0 spiro atoms. The molecule has 0 atom stereocenters. The van der Waals surface area contributed by atoms with Gasteiger partial charge in [-0.15, -0.1) is 0 Å². The molecule has 2 rings (SSSR count). The molecular formula is C18H20N2O4. The van der Waals surface area contributed by atoms with E-state index in [0.717, 1.165) is 0 Å². The van der Waals surface area contributed by atoms with Gasteiger partial charge in [0.25, 0.3) is 11.6 Å². The summed E-state index contributed by atoms with van der Waals surface area (Å²) >= 11 is 0. The number of carbonyl (C=O) groups excluding carboxylic acids is 1. The van der Waals surface area contributed by atoms with Crippen molar-refractivity contribution in [2.24, 2.45) is 0 Å². The first-order chi connectivity index (χ1) is 11.2. The third-order valence-electron chi connectivity index (χ3n) is 3.18. The van der Waals surface area contributed by atoms with Crippen molar-refractivity contribution in [2.75, 3.05) is 0 Å². The predicted octanol–water partition coefficient (Wildman–Crippen LogP) is 4.22. The van der Waals surface area contributed by atoms with Crippen LogP contribution >= 0.6 is 0 Å². The van der Waals surface area contributed by atoms with Crippen LogP contribution in [-0.2, 0) is 0 Å². The number of rotatable bonds is 4. The van der Waals surface area contributed by atoms with Gasteiger partial charge in [-0.2, -0.15) is 0 Å². The highest BCUT2D eigenvalue weighted by atomic mass is 16.6. The molecule has 2 aromatic rings. The summed E-state index contributed by atoms with van der Waals surface area (Å²) in [6, 6.07) is 11.2. The van der Waals surface area contributed by atoms with Crippen molar-refractivity contribution in [1.82, 2.24) is 5.32 Å². The number of benzene rings is 2. The second-order valence-electron chi connectivity index (χ2n) is 6.54. The standard InChI is InChI=1S/C18H20N2O4/c1-12-10-14(20(22)23)8-9-16(12)24-15-7-5-6-13(11-15)17(21)19-18(2,3)4/h5-11H,1-4H3,(H,19,21). The van der Waals surface area contributed by atoms with Crippen molar-refractivity contribution in [3.8, 4) is 11.5 Å². The molecule has 0 aliphatic heterocycles. The van der Waals surface area contributed by atoms with Crippen LogP contribution in [0.2, 0.25) is 0 Å². The van der Waals surface area contributed by atoms with Crippen LogP contribution in [0, 0.1) is 17.0 Å². The van der Waals surface area contributed by atoms with E-state index in [0.29, 0.717) is 22.6 Å². The number of aryl methyl sites for hydroxylation is 1. The van der Waals surface area contributed by atoms with Gasteiger partial charge in [-0.25, -0.2) is 0 Å². The zero-order chi connectivity index (χ0) is 17.9. The summed E-state index contributed by atoms with van der Waals surface area (Å²) in [5.74, 6) is 0.816. The summed E-state index contributed by atoms with van der Waals surface area (Å²) in [5.41, 5.74) is 0.817. The van der Waals surface area contributed by atoms with Gasteiger partial charge in [0, 0.05) is 23.2 Å². The fraction of sp³-hybridized carbons (Fsp3) is 0.278. The summed E-state index contributed by atoms with van der Waals surface area (Å²) in [6.07, 6.45) is 0. The van der Waals surface area contributed by atoms with Crippen LogP contribution in [-0.4, -0.2) is 16.4 Å². The number of amides is 1. The number of nitrogens with zero attached hydrogens (tertiary/aromatic N) is 1. The second kappa shape index (κ2) is 6.70. The van der Waals surface area contributed by atoms with E-state index in [2.05, 4.69) is 5.32 Å². The molecule has 0 fully saturated rings. The van der Waals surface area contributed by atoms with Crippen molar-refractivity contribution in [1.29, 1.82) is 0 Å². The third kappa shape index (κ3) is 4.55. The van der Waals surface area contributed by atoms with Gasteiger partial charge in [0.1, 0.15) is 11.5 Å². The highest BCUT2D eigenvalue weighted by molar-refractivity contribution is 5.95. The maximum absolute atomic E-state index is 12.2. The Morgan fingerprint density at radius 2 is 1.88 bits per heavy atom. The van der Waals surface area contributed by atoms with Crippen LogP contribution in [0.25, 0.3) is 0 Å². The monoisotopic (exact) mass is 328 g/mol. The summed E-state index contributed by atoms with van der Waals surface area (Å²) in [7, 11) is 0. The predicted molar refractivity (Wildman–Crippen MR) is 91.6 cm³/mol. The average molecular weight is 328 g/mol. The number of carbonyl (C=O) groups is 1. The molecule has 1 N–H and O–H groups in total. The van der Waals surface area contributed by atoms with Crippen LogP contribution in [0.4, 0.5) is 5.69 Å². The molecule has 6 nitrogen and oxygen atoms in total. The van der Waals surface area contributed by atoms with Gasteiger partial charge in [-0.3, -0.25) is 14.9 Å². The fourth-order valence-corrected chi connectivity index (χ4v) is 2.10. The Bertz CT molecular complexity index is 779. The largest absolute Gasteiger partial charge is 0.457 e. The van der Waals surface area contributed by atoms with Gasteiger partial charge in [0.2, 0.25) is 0 Å². The second-order valence-corrected chi connectivity index (χ2v) is 6.54. The van der Waals surface area contributed by atoms with Gasteiger partial charge in [0.15, 0.2) is 0 Å². The number of nitro benzene ring substituents is 1. The van der Waals surface area contributed by atoms with E-state index >= 15 is 0 Å². The van der Waals surface area contributed by atoms with E-state index < -0.39 is 4.92 Å². The molecule has 0 aliphatic carbocycles. The molecule has 0 saturated carbocycles. The minimum Gasteiger partial charge on any atom is -0.457 e. The fourth-order valence-electron chi connectivity index (χ4n) is 2.10. The molecule has 126 valence electrons. The van der Waals surface area contributed by atoms with Crippen LogP contribution in [0.5, 0.6) is 11.5 Å². The smallest absolute Gasteiger partial charge is 0.269 e. The lowest BCUT2D eigenvalue weighted by molar-refractivity contribution is -0.384. The molecule has 0 aliphatic rings. The number of nitrogens with one attached hydrogen (secondary N) is 1. The summed E-state index contributed by atoms with van der Waals surface area (Å²) in [4.78, 5) is 22.5. The first-order valence-corrected chi connectivity index (χ1v) is 7.51. The molecule has 1 amide bonds. The molecule has 24 heavy (non-hydrogen) atoms. The van der Waals surface area contributed by atoms with Crippen molar-refractivity contribution in [3.63, 3.8) is 0 Å². The van der Waals surface area contributed by atoms with E-state index in [1.165, 1.54) is 12.1 Å². The molecule has 0 unspecified atom stereocenters. The Hall–Kier alpha value is -2.89. The third-order valence-corrected chi connectivity index (χ3v) is 3.18. The summed E-state index contributed by atoms with van der Waals surface area (Å²) < 4.78 is 5.76. The van der Waals surface area contributed by atoms with Crippen LogP contribution in [0.3, 0.4) is 0 Å². The normalized spacial score (nSPS) is 11.0. The van der Waals surface area contributed by atoms with Crippen molar-refractivity contribution >= 4 is 11.6 Å². The van der Waals surface area contributed by atoms with Gasteiger partial charge in [-0.05, 0) is 57.5 Å². The first kappa shape index (κ1) is 17.5. The van der Waals surface area contributed by atoms with Gasteiger partial charge < -0.3 is 10.1 Å². The minimum atomic E-state index is -0.450. The quantitative estimate of drug-likeness (QED) is 0.673. The zero-order valence-electron chi connectivity index (χ0n) is 14.1. The number of ether oxygens (including phenoxy) is 1. The zero-order valence-corrected chi connectivity index (χ0v) is 14.1. The maximum Gasteiger partial charge on any atom is 0.269 e. The lowest BCUT2D eigenvalue weighted by Gasteiger charge is -2.20. The lowest BCUT2D eigenvalue weighted by Crippen LogP contribution is -2.40. The lowest BCUT2D eigenvalue weighted by atomic mass is 10.1. The summed E-state index contributed by atoms with van der Waals surface area (Å²) in [6.45, 7) is 7.46. The van der Waals surface area contributed by atoms with E-state index in [9.17, 15) is 14.9 Å². The highest BCUT2D eigenvalue weighted by Gasteiger charge is 2.16. The Morgan fingerprint density at radius 1 is 1.17 bits per heavy atom. The maximum atomic E-state index is 12.2. The van der Waals surface area contributed by atoms with E-state index in [4.69, 9.17) is 4.74 Å². The molecule has 6 heteroatoms. The average Bonchev–Trinajstić information content (AvgIpc) is 2.47. The molecule has 0 saturated heterocycles. The van der Waals surface area contributed by atoms with Crippen molar-refractivity contribution in [3.05, 3.63) is 63.7 Å².